The molecule has 2 nitrogen and oxygen atoms in total. The maximum Gasteiger partial charge on any atom is 0.0337 e. The lowest BCUT2D eigenvalue weighted by atomic mass is 9.38. The van der Waals surface area contributed by atoms with Crippen molar-refractivity contribution in [3.63, 3.8) is 0 Å². The SMILES string of the molecule is NNC12CC(CCc3ccccc3)(C1)C2. The van der Waals surface area contributed by atoms with Gasteiger partial charge in [0.2, 0.25) is 0 Å². The molecular weight excluding hydrogens is 184 g/mol. The van der Waals surface area contributed by atoms with E-state index in [1.165, 1.54) is 37.7 Å². The first-order chi connectivity index (χ1) is 7.26. The quantitative estimate of drug-likeness (QED) is 0.579. The molecular formula is C13H18N2. The summed E-state index contributed by atoms with van der Waals surface area (Å²) in [6.07, 6.45) is 6.44. The smallest absolute Gasteiger partial charge is 0.0337 e. The minimum Gasteiger partial charge on any atom is -0.271 e. The first-order valence-corrected chi connectivity index (χ1v) is 5.78. The standard InChI is InChI=1S/C13H18N2/c14-15-13-8-12(9-13,10-13)7-6-11-4-2-1-3-5-11/h1-5,15H,6-10,14H2. The summed E-state index contributed by atoms with van der Waals surface area (Å²) in [6.45, 7) is 0. The molecule has 2 heteroatoms. The molecule has 15 heavy (non-hydrogen) atoms. The van der Waals surface area contributed by atoms with Crippen LogP contribution in [-0.4, -0.2) is 5.54 Å². The van der Waals surface area contributed by atoms with Crippen molar-refractivity contribution in [3.05, 3.63) is 35.9 Å². The Bertz CT molecular complexity index is 338. The molecule has 80 valence electrons. The van der Waals surface area contributed by atoms with E-state index in [0.29, 0.717) is 11.0 Å². The van der Waals surface area contributed by atoms with Crippen molar-refractivity contribution in [2.75, 3.05) is 0 Å². The molecule has 3 aliphatic carbocycles. The summed E-state index contributed by atoms with van der Waals surface area (Å²) >= 11 is 0. The van der Waals surface area contributed by atoms with Crippen LogP contribution in [0.1, 0.15) is 31.2 Å². The Morgan fingerprint density at radius 1 is 1.13 bits per heavy atom. The zero-order valence-corrected chi connectivity index (χ0v) is 9.00. The summed E-state index contributed by atoms with van der Waals surface area (Å²) in [5.74, 6) is 5.52. The minimum atomic E-state index is 0.344. The molecule has 3 fully saturated rings. The highest BCUT2D eigenvalue weighted by atomic mass is 15.3. The molecule has 3 N–H and O–H groups in total. The minimum absolute atomic E-state index is 0.344. The molecule has 0 saturated heterocycles. The van der Waals surface area contributed by atoms with E-state index in [1.54, 1.807) is 0 Å². The molecule has 3 aliphatic rings. The molecule has 0 aromatic heterocycles. The summed E-state index contributed by atoms with van der Waals surface area (Å²) < 4.78 is 0. The van der Waals surface area contributed by atoms with Crippen molar-refractivity contribution in [1.82, 2.24) is 5.43 Å². The van der Waals surface area contributed by atoms with Crippen LogP contribution in [0.5, 0.6) is 0 Å². The number of aryl methyl sites for hydroxylation is 1. The molecule has 1 aromatic rings. The van der Waals surface area contributed by atoms with E-state index in [1.807, 2.05) is 0 Å². The molecule has 3 saturated carbocycles. The van der Waals surface area contributed by atoms with Gasteiger partial charge in [-0.1, -0.05) is 30.3 Å². The lowest BCUT2D eigenvalue weighted by Gasteiger charge is -2.70. The molecule has 0 spiro atoms. The molecule has 0 radical (unpaired) electrons. The van der Waals surface area contributed by atoms with Crippen LogP contribution in [0, 0.1) is 5.41 Å². The van der Waals surface area contributed by atoms with E-state index in [4.69, 9.17) is 5.84 Å². The monoisotopic (exact) mass is 202 g/mol. The highest BCUT2D eigenvalue weighted by Gasteiger charge is 2.66. The molecule has 1 aromatic carbocycles. The van der Waals surface area contributed by atoms with Crippen LogP contribution in [0.3, 0.4) is 0 Å². The first-order valence-electron chi connectivity index (χ1n) is 5.78. The van der Waals surface area contributed by atoms with Crippen molar-refractivity contribution in [2.24, 2.45) is 11.3 Å². The topological polar surface area (TPSA) is 38.0 Å². The summed E-state index contributed by atoms with van der Waals surface area (Å²) in [4.78, 5) is 0. The van der Waals surface area contributed by atoms with Gasteiger partial charge in [-0.25, -0.2) is 0 Å². The van der Waals surface area contributed by atoms with Gasteiger partial charge < -0.3 is 0 Å². The van der Waals surface area contributed by atoms with E-state index in [2.05, 4.69) is 35.8 Å². The van der Waals surface area contributed by atoms with E-state index >= 15 is 0 Å². The van der Waals surface area contributed by atoms with Gasteiger partial charge in [0.05, 0.1) is 0 Å². The number of nitrogens with one attached hydrogen (secondary N) is 1. The van der Waals surface area contributed by atoms with Crippen LogP contribution < -0.4 is 11.3 Å². The van der Waals surface area contributed by atoms with Crippen molar-refractivity contribution >= 4 is 0 Å². The molecule has 0 unspecified atom stereocenters. The van der Waals surface area contributed by atoms with Crippen LogP contribution in [0.4, 0.5) is 0 Å². The number of rotatable bonds is 4. The summed E-state index contributed by atoms with van der Waals surface area (Å²) in [5.41, 5.74) is 5.42. The number of nitrogens with two attached hydrogens (primary N) is 1. The van der Waals surface area contributed by atoms with Crippen LogP contribution in [-0.2, 0) is 6.42 Å². The fourth-order valence-electron chi connectivity index (χ4n) is 3.47. The van der Waals surface area contributed by atoms with Crippen molar-refractivity contribution < 1.29 is 0 Å². The average Bonchev–Trinajstić information content (AvgIpc) is 2.16. The first kappa shape index (κ1) is 9.37. The molecule has 4 rings (SSSR count). The van der Waals surface area contributed by atoms with Gasteiger partial charge in [0.1, 0.15) is 0 Å². The number of hydrogen-bond acceptors (Lipinski definition) is 2. The Morgan fingerprint density at radius 3 is 2.40 bits per heavy atom. The third-order valence-electron chi connectivity index (χ3n) is 4.23. The third kappa shape index (κ3) is 1.40. The van der Waals surface area contributed by atoms with Gasteiger partial charge in [-0.3, -0.25) is 11.3 Å². The fourth-order valence-corrected chi connectivity index (χ4v) is 3.47. The second-order valence-electron chi connectivity index (χ2n) is 5.44. The van der Waals surface area contributed by atoms with Gasteiger partial charge in [0.15, 0.2) is 0 Å². The molecule has 0 heterocycles. The third-order valence-corrected chi connectivity index (χ3v) is 4.23. The zero-order chi connectivity index (χ0) is 10.4. The van der Waals surface area contributed by atoms with Crippen LogP contribution >= 0.6 is 0 Å². The van der Waals surface area contributed by atoms with Crippen molar-refractivity contribution in [2.45, 2.75) is 37.6 Å². The number of hydrazine groups is 1. The average molecular weight is 202 g/mol. The Balaban J connectivity index is 1.53. The lowest BCUT2D eigenvalue weighted by Crippen LogP contribution is -2.75. The molecule has 0 amide bonds. The maximum absolute atomic E-state index is 5.52. The van der Waals surface area contributed by atoms with Gasteiger partial charge in [-0.2, -0.15) is 0 Å². The maximum atomic E-state index is 5.52. The Hall–Kier alpha value is -0.860. The lowest BCUT2D eigenvalue weighted by molar-refractivity contribution is -0.158. The van der Waals surface area contributed by atoms with Gasteiger partial charge >= 0.3 is 0 Å². The Kier molecular flexibility index (Phi) is 1.91. The zero-order valence-electron chi connectivity index (χ0n) is 9.00. The predicted molar refractivity (Wildman–Crippen MR) is 61.1 cm³/mol. The highest BCUT2D eigenvalue weighted by molar-refractivity contribution is 5.24. The van der Waals surface area contributed by atoms with Crippen molar-refractivity contribution in [3.8, 4) is 0 Å². The van der Waals surface area contributed by atoms with Crippen LogP contribution in [0.25, 0.3) is 0 Å². The van der Waals surface area contributed by atoms with Gasteiger partial charge in [0, 0.05) is 5.54 Å². The summed E-state index contributed by atoms with van der Waals surface area (Å²) in [5, 5.41) is 0. The molecule has 0 atom stereocenters. The number of benzene rings is 1. The van der Waals surface area contributed by atoms with E-state index in [-0.39, 0.29) is 0 Å². The van der Waals surface area contributed by atoms with E-state index in [9.17, 15) is 0 Å². The highest BCUT2D eigenvalue weighted by Crippen LogP contribution is 2.68. The van der Waals surface area contributed by atoms with E-state index < -0.39 is 0 Å². The summed E-state index contributed by atoms with van der Waals surface area (Å²) in [7, 11) is 0. The largest absolute Gasteiger partial charge is 0.271 e. The van der Waals surface area contributed by atoms with Gasteiger partial charge in [-0.05, 0) is 43.1 Å². The second-order valence-corrected chi connectivity index (χ2v) is 5.44. The Labute approximate surface area is 90.8 Å². The van der Waals surface area contributed by atoms with Gasteiger partial charge in [0.25, 0.3) is 0 Å². The second kappa shape index (κ2) is 3.06. The molecule has 0 aliphatic heterocycles. The number of hydrogen-bond donors (Lipinski definition) is 2. The van der Waals surface area contributed by atoms with Crippen LogP contribution in [0.15, 0.2) is 30.3 Å². The summed E-state index contributed by atoms with van der Waals surface area (Å²) in [6, 6.07) is 10.8. The van der Waals surface area contributed by atoms with E-state index in [0.717, 1.165) is 0 Å². The predicted octanol–water partition coefficient (Wildman–Crippen LogP) is 2.01. The normalized spacial score (nSPS) is 36.9. The molecule has 2 bridgehead atoms. The Morgan fingerprint density at radius 2 is 1.80 bits per heavy atom. The van der Waals surface area contributed by atoms with Crippen LogP contribution in [0.2, 0.25) is 0 Å². The van der Waals surface area contributed by atoms with Gasteiger partial charge in [-0.15, -0.1) is 0 Å². The van der Waals surface area contributed by atoms with Crippen molar-refractivity contribution in [1.29, 1.82) is 0 Å². The fraction of sp³-hybridized carbons (Fsp3) is 0.538.